The molecule has 1 amide bonds. The van der Waals surface area contributed by atoms with Gasteiger partial charge in [-0.3, -0.25) is 4.79 Å². The molecule has 0 aromatic carbocycles. The van der Waals surface area contributed by atoms with Crippen LogP contribution < -0.4 is 10.6 Å². The minimum absolute atomic E-state index is 0.0583. The van der Waals surface area contributed by atoms with Crippen LogP contribution in [0.15, 0.2) is 0 Å². The number of carbonyl (C=O) groups is 1. The van der Waals surface area contributed by atoms with E-state index in [9.17, 15) is 4.79 Å². The van der Waals surface area contributed by atoms with Gasteiger partial charge in [-0.1, -0.05) is 0 Å². The zero-order chi connectivity index (χ0) is 11.4. The largest absolute Gasteiger partial charge is 0.365 e. The number of nitrogens with one attached hydrogen (secondary N) is 2. The van der Waals surface area contributed by atoms with Crippen LogP contribution in [0.4, 0.5) is 0 Å². The predicted octanol–water partition coefficient (Wildman–Crippen LogP) is 0.814. The monoisotopic (exact) mass is 226 g/mol. The van der Waals surface area contributed by atoms with Gasteiger partial charge in [0.05, 0.1) is 0 Å². The Morgan fingerprint density at radius 1 is 1.56 bits per heavy atom. The molecule has 2 atom stereocenters. The number of amides is 1. The Balaban J connectivity index is 1.67. The molecule has 2 heterocycles. The number of rotatable bonds is 4. The highest BCUT2D eigenvalue weighted by Crippen LogP contribution is 2.24. The van der Waals surface area contributed by atoms with Crippen molar-refractivity contribution in [3.8, 4) is 0 Å². The zero-order valence-corrected chi connectivity index (χ0v) is 10.1. The van der Waals surface area contributed by atoms with Gasteiger partial charge in [0.25, 0.3) is 5.91 Å². The van der Waals surface area contributed by atoms with Crippen LogP contribution in [0.3, 0.4) is 0 Å². The first-order chi connectivity index (χ1) is 7.71. The molecular formula is C12H22N2O2. The van der Waals surface area contributed by atoms with Crippen LogP contribution in [0.25, 0.3) is 0 Å². The van der Waals surface area contributed by atoms with Crippen LogP contribution in [0.2, 0.25) is 0 Å². The molecule has 0 aromatic heterocycles. The molecule has 0 saturated carbocycles. The summed E-state index contributed by atoms with van der Waals surface area (Å²) in [6, 6.07) is 0.595. The second-order valence-electron chi connectivity index (χ2n) is 5.02. The molecule has 2 aliphatic heterocycles. The van der Waals surface area contributed by atoms with Gasteiger partial charge in [0, 0.05) is 19.2 Å². The molecule has 4 nitrogen and oxygen atoms in total. The highest BCUT2D eigenvalue weighted by atomic mass is 16.5. The van der Waals surface area contributed by atoms with Gasteiger partial charge < -0.3 is 15.4 Å². The fourth-order valence-electron chi connectivity index (χ4n) is 2.51. The predicted molar refractivity (Wildman–Crippen MR) is 62.2 cm³/mol. The number of hydrogen-bond donors (Lipinski definition) is 2. The summed E-state index contributed by atoms with van der Waals surface area (Å²) in [6.45, 7) is 4.49. The van der Waals surface area contributed by atoms with Crippen molar-refractivity contribution in [1.82, 2.24) is 10.6 Å². The molecule has 2 rings (SSSR count). The Bertz CT molecular complexity index is 243. The van der Waals surface area contributed by atoms with Crippen LogP contribution in [0.5, 0.6) is 0 Å². The van der Waals surface area contributed by atoms with Crippen molar-refractivity contribution in [1.29, 1.82) is 0 Å². The molecule has 0 aliphatic carbocycles. The van der Waals surface area contributed by atoms with Crippen LogP contribution in [0.1, 0.15) is 39.0 Å². The SMILES string of the molecule is CC1(C(=O)NCC[C@H]2CCCN2)CCCO1. The highest BCUT2D eigenvalue weighted by molar-refractivity contribution is 5.84. The summed E-state index contributed by atoms with van der Waals surface area (Å²) in [7, 11) is 0. The van der Waals surface area contributed by atoms with E-state index in [-0.39, 0.29) is 5.91 Å². The summed E-state index contributed by atoms with van der Waals surface area (Å²) in [6.07, 6.45) is 5.37. The normalized spacial score (nSPS) is 34.2. The molecule has 0 radical (unpaired) electrons. The molecule has 4 heteroatoms. The van der Waals surface area contributed by atoms with Gasteiger partial charge in [-0.2, -0.15) is 0 Å². The number of hydrogen-bond acceptors (Lipinski definition) is 3. The van der Waals surface area contributed by atoms with E-state index in [0.717, 1.165) is 32.4 Å². The van der Waals surface area contributed by atoms with E-state index >= 15 is 0 Å². The standard InChI is InChI=1S/C12H22N2O2/c1-12(6-3-9-16-12)11(15)14-8-5-10-4-2-7-13-10/h10,13H,2-9H2,1H3,(H,14,15)/t10-,12?/m1/s1. The van der Waals surface area contributed by atoms with Crippen molar-refractivity contribution in [2.45, 2.75) is 50.7 Å². The first-order valence-electron chi connectivity index (χ1n) is 6.36. The molecule has 16 heavy (non-hydrogen) atoms. The van der Waals surface area contributed by atoms with Crippen LogP contribution in [-0.4, -0.2) is 37.2 Å². The summed E-state index contributed by atoms with van der Waals surface area (Å²) in [5.41, 5.74) is -0.566. The maximum Gasteiger partial charge on any atom is 0.251 e. The molecule has 2 fully saturated rings. The van der Waals surface area contributed by atoms with Gasteiger partial charge in [-0.25, -0.2) is 0 Å². The number of ether oxygens (including phenoxy) is 1. The molecule has 2 saturated heterocycles. The third-order valence-corrected chi connectivity index (χ3v) is 3.64. The minimum atomic E-state index is -0.566. The lowest BCUT2D eigenvalue weighted by molar-refractivity contribution is -0.139. The van der Waals surface area contributed by atoms with Crippen molar-refractivity contribution in [2.24, 2.45) is 0 Å². The summed E-state index contributed by atoms with van der Waals surface area (Å²) < 4.78 is 5.50. The second-order valence-corrected chi connectivity index (χ2v) is 5.02. The lowest BCUT2D eigenvalue weighted by Crippen LogP contribution is -2.45. The topological polar surface area (TPSA) is 50.4 Å². The Morgan fingerprint density at radius 3 is 3.06 bits per heavy atom. The van der Waals surface area contributed by atoms with Crippen molar-refractivity contribution in [2.75, 3.05) is 19.7 Å². The average Bonchev–Trinajstić information content (AvgIpc) is 2.90. The first kappa shape index (κ1) is 11.9. The summed E-state index contributed by atoms with van der Waals surface area (Å²) in [4.78, 5) is 11.9. The Labute approximate surface area is 97.1 Å². The maximum absolute atomic E-state index is 11.9. The summed E-state index contributed by atoms with van der Waals surface area (Å²) in [5.74, 6) is 0.0583. The molecule has 2 N–H and O–H groups in total. The average molecular weight is 226 g/mol. The lowest BCUT2D eigenvalue weighted by Gasteiger charge is -2.22. The van der Waals surface area contributed by atoms with Gasteiger partial charge in [0.2, 0.25) is 0 Å². The molecule has 1 unspecified atom stereocenters. The van der Waals surface area contributed by atoms with E-state index in [4.69, 9.17) is 4.74 Å². The number of carbonyl (C=O) groups excluding carboxylic acids is 1. The summed E-state index contributed by atoms with van der Waals surface area (Å²) >= 11 is 0. The van der Waals surface area contributed by atoms with Crippen LogP contribution in [-0.2, 0) is 9.53 Å². The molecule has 92 valence electrons. The van der Waals surface area contributed by atoms with Crippen molar-refractivity contribution in [3.63, 3.8) is 0 Å². The van der Waals surface area contributed by atoms with E-state index in [1.54, 1.807) is 0 Å². The Kier molecular flexibility index (Phi) is 3.82. The van der Waals surface area contributed by atoms with Crippen LogP contribution in [0, 0.1) is 0 Å². The fraction of sp³-hybridized carbons (Fsp3) is 0.917. The molecule has 0 bridgehead atoms. The fourth-order valence-corrected chi connectivity index (χ4v) is 2.51. The maximum atomic E-state index is 11.9. The van der Waals surface area contributed by atoms with Gasteiger partial charge in [-0.05, 0) is 45.6 Å². The Hall–Kier alpha value is -0.610. The van der Waals surface area contributed by atoms with Crippen molar-refractivity contribution in [3.05, 3.63) is 0 Å². The lowest BCUT2D eigenvalue weighted by atomic mass is 10.0. The van der Waals surface area contributed by atoms with Gasteiger partial charge in [-0.15, -0.1) is 0 Å². The molecular weight excluding hydrogens is 204 g/mol. The highest BCUT2D eigenvalue weighted by Gasteiger charge is 2.37. The van der Waals surface area contributed by atoms with E-state index in [1.165, 1.54) is 12.8 Å². The molecule has 2 aliphatic rings. The minimum Gasteiger partial charge on any atom is -0.365 e. The van der Waals surface area contributed by atoms with Crippen molar-refractivity contribution >= 4 is 5.91 Å². The van der Waals surface area contributed by atoms with Crippen molar-refractivity contribution < 1.29 is 9.53 Å². The third kappa shape index (κ3) is 2.74. The zero-order valence-electron chi connectivity index (χ0n) is 10.1. The van der Waals surface area contributed by atoms with Gasteiger partial charge in [0.15, 0.2) is 0 Å². The van der Waals surface area contributed by atoms with Gasteiger partial charge in [0.1, 0.15) is 5.60 Å². The molecule has 0 spiro atoms. The molecule has 0 aromatic rings. The van der Waals surface area contributed by atoms with Crippen LogP contribution >= 0.6 is 0 Å². The van der Waals surface area contributed by atoms with E-state index in [0.29, 0.717) is 12.6 Å². The van der Waals surface area contributed by atoms with E-state index in [1.807, 2.05) is 6.92 Å². The van der Waals surface area contributed by atoms with Gasteiger partial charge >= 0.3 is 0 Å². The first-order valence-corrected chi connectivity index (χ1v) is 6.36. The summed E-state index contributed by atoms with van der Waals surface area (Å²) in [5, 5.41) is 6.41. The second kappa shape index (κ2) is 5.15. The Morgan fingerprint density at radius 2 is 2.44 bits per heavy atom. The quantitative estimate of drug-likeness (QED) is 0.746. The van der Waals surface area contributed by atoms with E-state index in [2.05, 4.69) is 10.6 Å². The third-order valence-electron chi connectivity index (χ3n) is 3.64. The smallest absolute Gasteiger partial charge is 0.251 e. The van der Waals surface area contributed by atoms with E-state index < -0.39 is 5.60 Å².